The molecule has 0 aliphatic rings. The fourth-order valence-electron chi connectivity index (χ4n) is 7.29. The van der Waals surface area contributed by atoms with Crippen molar-refractivity contribution in [2.45, 2.75) is 160 Å². The van der Waals surface area contributed by atoms with Crippen LogP contribution in [0.5, 0.6) is 0 Å². The highest BCUT2D eigenvalue weighted by molar-refractivity contribution is 5.93. The normalized spacial score (nSPS) is 13.1. The number of carbonyl (C=O) groups excluding carboxylic acids is 8. The van der Waals surface area contributed by atoms with E-state index in [4.69, 9.17) is 5.73 Å². The van der Waals surface area contributed by atoms with Gasteiger partial charge in [0.05, 0.1) is 0 Å². The molecule has 0 aliphatic heterocycles. The zero-order valence-corrected chi connectivity index (χ0v) is 40.6. The summed E-state index contributed by atoms with van der Waals surface area (Å²) in [6, 6.07) is 26.9. The van der Waals surface area contributed by atoms with Gasteiger partial charge in [0, 0.05) is 44.3 Å². The van der Waals surface area contributed by atoms with Gasteiger partial charge in [-0.15, -0.1) is 0 Å². The molecule has 364 valence electrons. The van der Waals surface area contributed by atoms with E-state index < -0.39 is 81.6 Å². The van der Waals surface area contributed by atoms with Crippen molar-refractivity contribution in [1.82, 2.24) is 37.2 Å². The van der Waals surface area contributed by atoms with Crippen LogP contribution >= 0.6 is 0 Å². The van der Waals surface area contributed by atoms with Crippen molar-refractivity contribution in [1.29, 1.82) is 0 Å². The Bertz CT molecular complexity index is 2160. The first-order valence-corrected chi connectivity index (χ1v) is 22.8. The smallest absolute Gasteiger partial charge is 0.245 e. The summed E-state index contributed by atoms with van der Waals surface area (Å²) in [6.07, 6.45) is 1.88. The van der Waals surface area contributed by atoms with Crippen molar-refractivity contribution in [3.05, 3.63) is 108 Å². The van der Waals surface area contributed by atoms with Crippen molar-refractivity contribution < 1.29 is 38.4 Å². The number of carbonyl (C=O) groups is 8. The second-order valence-electron chi connectivity index (χ2n) is 19.4. The van der Waals surface area contributed by atoms with E-state index in [1.165, 1.54) is 20.8 Å². The maximum Gasteiger partial charge on any atom is 0.245 e. The largest absolute Gasteiger partial charge is 0.368 e. The standard InChI is InChI=1S/C51H72N8O8/c1-34(60)56-49(4,5)45(65)53-38(31-35-19-13-10-14-20-35)26-29-42(62)58-51(8,9)47(67)55-40(33-37-23-17-12-18-24-37)27-30-43(63)59-50(6,7)46(66)54-39(32-36-21-15-11-16-22-36)25-28-41(61)57-48(2,3)44(52)64/h10-24,38-40H,25-33H2,1-9H3,(H2,52,64)(H,53,65)(H,54,66)(H,55,67)(H,56,60)(H,57,61)(H,58,62)(H,59,63)/t38-,39-,40-/m1/s1. The number of hydrogen-bond acceptors (Lipinski definition) is 8. The van der Waals surface area contributed by atoms with Gasteiger partial charge in [0.2, 0.25) is 47.3 Å². The lowest BCUT2D eigenvalue weighted by molar-refractivity contribution is -0.134. The van der Waals surface area contributed by atoms with Gasteiger partial charge in [-0.2, -0.15) is 0 Å². The van der Waals surface area contributed by atoms with Crippen LogP contribution in [-0.4, -0.2) is 87.5 Å². The molecule has 0 fully saturated rings. The van der Waals surface area contributed by atoms with Gasteiger partial charge in [-0.1, -0.05) is 91.0 Å². The molecule has 0 saturated heterocycles. The number of rotatable bonds is 26. The minimum Gasteiger partial charge on any atom is -0.368 e. The minimum atomic E-state index is -1.37. The predicted octanol–water partition coefficient (Wildman–Crippen LogP) is 3.59. The number of nitrogens with one attached hydrogen (secondary N) is 7. The van der Waals surface area contributed by atoms with Gasteiger partial charge in [-0.05, 0) is 111 Å². The molecule has 3 rings (SSSR count). The molecule has 3 atom stereocenters. The highest BCUT2D eigenvalue weighted by Gasteiger charge is 2.35. The Hall–Kier alpha value is -6.58. The molecular weight excluding hydrogens is 853 g/mol. The van der Waals surface area contributed by atoms with Gasteiger partial charge in [0.15, 0.2) is 0 Å². The van der Waals surface area contributed by atoms with E-state index in [0.717, 1.165) is 16.7 Å². The molecule has 0 aliphatic carbocycles. The van der Waals surface area contributed by atoms with Gasteiger partial charge in [0.1, 0.15) is 22.2 Å². The Balaban J connectivity index is 1.66. The molecule has 0 radical (unpaired) electrons. The van der Waals surface area contributed by atoms with Gasteiger partial charge < -0.3 is 43.0 Å². The number of amides is 8. The topological polar surface area (TPSA) is 247 Å². The highest BCUT2D eigenvalue weighted by Crippen LogP contribution is 2.16. The van der Waals surface area contributed by atoms with Crippen LogP contribution in [0.4, 0.5) is 0 Å². The number of nitrogens with two attached hydrogens (primary N) is 1. The summed E-state index contributed by atoms with van der Waals surface area (Å²) >= 11 is 0. The first-order valence-electron chi connectivity index (χ1n) is 22.8. The molecular formula is C51H72N8O8. The molecule has 16 nitrogen and oxygen atoms in total. The van der Waals surface area contributed by atoms with Crippen molar-refractivity contribution in [3.63, 3.8) is 0 Å². The van der Waals surface area contributed by atoms with E-state index >= 15 is 0 Å². The van der Waals surface area contributed by atoms with E-state index in [2.05, 4.69) is 37.2 Å². The Morgan fingerprint density at radius 3 is 0.925 bits per heavy atom. The van der Waals surface area contributed by atoms with E-state index in [1.54, 1.807) is 41.5 Å². The molecule has 0 saturated carbocycles. The Labute approximate surface area is 395 Å². The molecule has 0 aromatic heterocycles. The maximum atomic E-state index is 13.9. The summed E-state index contributed by atoms with van der Waals surface area (Å²) in [7, 11) is 0. The predicted molar refractivity (Wildman–Crippen MR) is 258 cm³/mol. The third-order valence-electron chi connectivity index (χ3n) is 11.3. The van der Waals surface area contributed by atoms with Crippen LogP contribution in [0.25, 0.3) is 0 Å². The van der Waals surface area contributed by atoms with Crippen molar-refractivity contribution in [3.8, 4) is 0 Å². The lowest BCUT2D eigenvalue weighted by Crippen LogP contribution is -2.58. The average molecular weight is 925 g/mol. The third-order valence-corrected chi connectivity index (χ3v) is 11.3. The SMILES string of the molecule is CC(=O)NC(C)(C)C(=O)N[C@H](CCC(=O)NC(C)(C)C(=O)N[C@H](CCC(=O)NC(C)(C)C(=O)N[C@H](CCC(=O)NC(C)(C)C(N)=O)Cc1ccccc1)Cc1ccccc1)Cc1ccccc1. The Morgan fingerprint density at radius 1 is 0.418 bits per heavy atom. The summed E-state index contributed by atoms with van der Waals surface area (Å²) < 4.78 is 0. The summed E-state index contributed by atoms with van der Waals surface area (Å²) in [4.78, 5) is 104. The summed E-state index contributed by atoms with van der Waals surface area (Å²) in [6.45, 7) is 13.9. The zero-order chi connectivity index (χ0) is 50.0. The van der Waals surface area contributed by atoms with Crippen LogP contribution < -0.4 is 43.0 Å². The first-order chi connectivity index (χ1) is 31.3. The van der Waals surface area contributed by atoms with Crippen LogP contribution in [0, 0.1) is 0 Å². The minimum absolute atomic E-state index is 0.00585. The molecule has 0 spiro atoms. The second-order valence-corrected chi connectivity index (χ2v) is 19.4. The molecule has 9 N–H and O–H groups in total. The van der Waals surface area contributed by atoms with Crippen LogP contribution in [0.2, 0.25) is 0 Å². The molecule has 0 unspecified atom stereocenters. The number of benzene rings is 3. The Morgan fingerprint density at radius 2 is 0.672 bits per heavy atom. The lowest BCUT2D eigenvalue weighted by Gasteiger charge is -2.30. The fraction of sp³-hybridized carbons (Fsp3) is 0.490. The second kappa shape index (κ2) is 24.8. The van der Waals surface area contributed by atoms with Gasteiger partial charge in [0.25, 0.3) is 0 Å². The summed E-state index contributed by atoms with van der Waals surface area (Å²) in [5.41, 5.74) is 3.06. The molecule has 8 amide bonds. The van der Waals surface area contributed by atoms with Crippen LogP contribution in [0.3, 0.4) is 0 Å². The van der Waals surface area contributed by atoms with Crippen molar-refractivity contribution in [2.24, 2.45) is 5.73 Å². The quantitative estimate of drug-likeness (QED) is 0.0590. The molecule has 0 bridgehead atoms. The van der Waals surface area contributed by atoms with E-state index in [1.807, 2.05) is 91.0 Å². The van der Waals surface area contributed by atoms with Gasteiger partial charge in [-0.25, -0.2) is 0 Å². The summed E-state index contributed by atoms with van der Waals surface area (Å²) in [5.74, 6) is -3.60. The van der Waals surface area contributed by atoms with Crippen molar-refractivity contribution >= 4 is 47.3 Å². The molecule has 67 heavy (non-hydrogen) atoms. The lowest BCUT2D eigenvalue weighted by atomic mass is 9.96. The molecule has 3 aromatic carbocycles. The van der Waals surface area contributed by atoms with Gasteiger partial charge >= 0.3 is 0 Å². The van der Waals surface area contributed by atoms with Gasteiger partial charge in [-0.3, -0.25) is 38.4 Å². The van der Waals surface area contributed by atoms with E-state index in [9.17, 15) is 38.4 Å². The average Bonchev–Trinajstić information content (AvgIpc) is 3.24. The molecule has 3 aromatic rings. The fourth-order valence-corrected chi connectivity index (χ4v) is 7.29. The molecule has 0 heterocycles. The Kier molecular flexibility index (Phi) is 20.3. The first kappa shape index (κ1) is 54.8. The maximum absolute atomic E-state index is 13.9. The van der Waals surface area contributed by atoms with E-state index in [0.29, 0.717) is 19.3 Å². The summed E-state index contributed by atoms with van der Waals surface area (Å²) in [5, 5.41) is 20.0. The highest BCUT2D eigenvalue weighted by atomic mass is 16.2. The van der Waals surface area contributed by atoms with Crippen LogP contribution in [0.15, 0.2) is 91.0 Å². The zero-order valence-electron chi connectivity index (χ0n) is 40.6. The van der Waals surface area contributed by atoms with Crippen LogP contribution in [0.1, 0.15) is 118 Å². The number of primary amides is 1. The molecule has 16 heteroatoms. The van der Waals surface area contributed by atoms with Crippen LogP contribution in [-0.2, 0) is 57.6 Å². The number of hydrogen-bond donors (Lipinski definition) is 8. The third kappa shape index (κ3) is 19.4. The monoisotopic (exact) mass is 925 g/mol. The van der Waals surface area contributed by atoms with Crippen molar-refractivity contribution in [2.75, 3.05) is 0 Å². The van der Waals surface area contributed by atoms with E-state index in [-0.39, 0.29) is 44.4 Å².